The Morgan fingerprint density at radius 1 is 1.54 bits per heavy atom. The average Bonchev–Trinajstić information content (AvgIpc) is 2.14. The molecule has 1 nitrogen and oxygen atoms in total. The van der Waals surface area contributed by atoms with Gasteiger partial charge in [0.2, 0.25) is 0 Å². The molecule has 0 saturated carbocycles. The van der Waals surface area contributed by atoms with Gasteiger partial charge in [-0.2, -0.15) is 0 Å². The number of nitrogens with one attached hydrogen (secondary N) is 1. The maximum atomic E-state index is 5.17. The Labute approximate surface area is 80.2 Å². The third-order valence-corrected chi connectivity index (χ3v) is 2.05. The molecule has 1 heteroatoms. The first kappa shape index (κ1) is 9.83. The van der Waals surface area contributed by atoms with Gasteiger partial charge in [0.1, 0.15) is 0 Å². The van der Waals surface area contributed by atoms with Crippen molar-refractivity contribution in [2.24, 2.45) is 0 Å². The van der Waals surface area contributed by atoms with Crippen molar-refractivity contribution < 1.29 is 0 Å². The fraction of sp³-hybridized carbons (Fsp3) is 0.333. The van der Waals surface area contributed by atoms with Crippen LogP contribution in [0, 0.1) is 19.3 Å². The van der Waals surface area contributed by atoms with Gasteiger partial charge in [-0.1, -0.05) is 35.7 Å². The molecule has 1 atom stereocenters. The molecule has 0 radical (unpaired) electrons. The fourth-order valence-corrected chi connectivity index (χ4v) is 1.27. The van der Waals surface area contributed by atoms with E-state index in [9.17, 15) is 0 Å². The van der Waals surface area contributed by atoms with Crippen LogP contribution >= 0.6 is 0 Å². The van der Waals surface area contributed by atoms with Crippen LogP contribution in [0.5, 0.6) is 0 Å². The zero-order valence-corrected chi connectivity index (χ0v) is 8.17. The zero-order valence-electron chi connectivity index (χ0n) is 8.17. The lowest BCUT2D eigenvalue weighted by molar-refractivity contribution is 0.623. The van der Waals surface area contributed by atoms with Gasteiger partial charge in [-0.05, 0) is 19.4 Å². The lowest BCUT2D eigenvalue weighted by Crippen LogP contribution is -2.18. The van der Waals surface area contributed by atoms with Crippen molar-refractivity contribution in [1.82, 2.24) is 5.32 Å². The highest BCUT2D eigenvalue weighted by Crippen LogP contribution is 2.12. The van der Waals surface area contributed by atoms with Gasteiger partial charge in [0.05, 0.1) is 6.54 Å². The van der Waals surface area contributed by atoms with E-state index in [1.54, 1.807) is 0 Å². The van der Waals surface area contributed by atoms with E-state index in [1.165, 1.54) is 11.1 Å². The molecule has 1 aromatic rings. The van der Waals surface area contributed by atoms with Gasteiger partial charge in [0.25, 0.3) is 0 Å². The summed E-state index contributed by atoms with van der Waals surface area (Å²) in [5.74, 6) is 2.57. The standard InChI is InChI=1S/C12H15N/c1-4-8-13-11(3)12-7-5-6-10(2)9-12/h1,5-7,9,11,13H,8H2,2-3H3. The highest BCUT2D eigenvalue weighted by atomic mass is 14.9. The molecular weight excluding hydrogens is 158 g/mol. The van der Waals surface area contributed by atoms with Crippen LogP contribution in [-0.4, -0.2) is 6.54 Å². The van der Waals surface area contributed by atoms with Gasteiger partial charge >= 0.3 is 0 Å². The molecule has 0 spiro atoms. The van der Waals surface area contributed by atoms with E-state index < -0.39 is 0 Å². The zero-order chi connectivity index (χ0) is 9.68. The van der Waals surface area contributed by atoms with Crippen LogP contribution < -0.4 is 5.32 Å². The number of hydrogen-bond donors (Lipinski definition) is 1. The van der Waals surface area contributed by atoms with E-state index >= 15 is 0 Å². The van der Waals surface area contributed by atoms with Gasteiger partial charge < -0.3 is 0 Å². The average molecular weight is 173 g/mol. The molecule has 0 heterocycles. The number of aryl methyl sites for hydroxylation is 1. The van der Waals surface area contributed by atoms with Crippen LogP contribution in [0.3, 0.4) is 0 Å². The summed E-state index contributed by atoms with van der Waals surface area (Å²) in [6, 6.07) is 8.78. The van der Waals surface area contributed by atoms with Crippen molar-refractivity contribution in [1.29, 1.82) is 0 Å². The summed E-state index contributed by atoms with van der Waals surface area (Å²) in [5.41, 5.74) is 2.57. The summed E-state index contributed by atoms with van der Waals surface area (Å²) < 4.78 is 0. The lowest BCUT2D eigenvalue weighted by atomic mass is 10.1. The van der Waals surface area contributed by atoms with E-state index in [2.05, 4.69) is 49.4 Å². The number of rotatable bonds is 3. The largest absolute Gasteiger partial charge is 0.300 e. The summed E-state index contributed by atoms with van der Waals surface area (Å²) in [4.78, 5) is 0. The van der Waals surface area contributed by atoms with Crippen LogP contribution in [0.25, 0.3) is 0 Å². The highest BCUT2D eigenvalue weighted by Gasteiger charge is 2.02. The van der Waals surface area contributed by atoms with Crippen molar-refractivity contribution in [2.45, 2.75) is 19.9 Å². The summed E-state index contributed by atoms with van der Waals surface area (Å²) >= 11 is 0. The normalized spacial score (nSPS) is 12.1. The molecule has 0 aliphatic rings. The molecule has 0 aliphatic carbocycles. The summed E-state index contributed by atoms with van der Waals surface area (Å²) in [7, 11) is 0. The molecule has 1 rings (SSSR count). The predicted octanol–water partition coefficient (Wildman–Crippen LogP) is 2.28. The van der Waals surface area contributed by atoms with E-state index in [-0.39, 0.29) is 0 Å². The molecule has 0 fully saturated rings. The first-order chi connectivity index (χ1) is 6.24. The van der Waals surface area contributed by atoms with Crippen molar-refractivity contribution in [3.05, 3.63) is 35.4 Å². The van der Waals surface area contributed by atoms with Crippen molar-refractivity contribution in [3.63, 3.8) is 0 Å². The van der Waals surface area contributed by atoms with E-state index in [4.69, 9.17) is 6.42 Å². The second-order valence-electron chi connectivity index (χ2n) is 3.22. The fourth-order valence-electron chi connectivity index (χ4n) is 1.27. The molecule has 0 aromatic heterocycles. The Kier molecular flexibility index (Phi) is 3.54. The minimum atomic E-state index is 0.330. The Balaban J connectivity index is 2.66. The first-order valence-electron chi connectivity index (χ1n) is 4.47. The molecule has 1 aromatic carbocycles. The molecule has 0 saturated heterocycles. The minimum Gasteiger partial charge on any atom is -0.300 e. The van der Waals surface area contributed by atoms with Crippen molar-refractivity contribution in [2.75, 3.05) is 6.54 Å². The van der Waals surface area contributed by atoms with Gasteiger partial charge in [-0.25, -0.2) is 0 Å². The third-order valence-electron chi connectivity index (χ3n) is 2.05. The Bertz CT molecular complexity index is 309. The highest BCUT2D eigenvalue weighted by molar-refractivity contribution is 5.24. The third kappa shape index (κ3) is 2.93. The van der Waals surface area contributed by atoms with Gasteiger partial charge in [0, 0.05) is 6.04 Å². The molecule has 0 amide bonds. The van der Waals surface area contributed by atoms with Crippen LogP contribution in [-0.2, 0) is 0 Å². The maximum absolute atomic E-state index is 5.17. The Morgan fingerprint density at radius 2 is 2.31 bits per heavy atom. The van der Waals surface area contributed by atoms with E-state index in [0.717, 1.165) is 0 Å². The SMILES string of the molecule is C#CCNC(C)c1cccc(C)c1. The summed E-state index contributed by atoms with van der Waals surface area (Å²) in [6.45, 7) is 4.83. The molecule has 1 N–H and O–H groups in total. The van der Waals surface area contributed by atoms with Crippen molar-refractivity contribution >= 4 is 0 Å². The molecule has 1 unspecified atom stereocenters. The molecule has 68 valence electrons. The van der Waals surface area contributed by atoms with Crippen LogP contribution in [0.2, 0.25) is 0 Å². The summed E-state index contributed by atoms with van der Waals surface area (Å²) in [6.07, 6.45) is 5.17. The van der Waals surface area contributed by atoms with Crippen LogP contribution in [0.1, 0.15) is 24.1 Å². The van der Waals surface area contributed by atoms with Crippen LogP contribution in [0.4, 0.5) is 0 Å². The maximum Gasteiger partial charge on any atom is 0.0578 e. The van der Waals surface area contributed by atoms with E-state index in [0.29, 0.717) is 12.6 Å². The molecule has 0 aliphatic heterocycles. The molecule has 0 bridgehead atoms. The number of benzene rings is 1. The predicted molar refractivity (Wildman–Crippen MR) is 56.4 cm³/mol. The lowest BCUT2D eigenvalue weighted by Gasteiger charge is -2.12. The second-order valence-corrected chi connectivity index (χ2v) is 3.22. The van der Waals surface area contributed by atoms with Gasteiger partial charge in [-0.15, -0.1) is 6.42 Å². The van der Waals surface area contributed by atoms with Gasteiger partial charge in [-0.3, -0.25) is 5.32 Å². The topological polar surface area (TPSA) is 12.0 Å². The first-order valence-corrected chi connectivity index (χ1v) is 4.47. The second kappa shape index (κ2) is 4.69. The molecular formula is C12H15N. The van der Waals surface area contributed by atoms with Gasteiger partial charge in [0.15, 0.2) is 0 Å². The van der Waals surface area contributed by atoms with Crippen molar-refractivity contribution in [3.8, 4) is 12.3 Å². The number of hydrogen-bond acceptors (Lipinski definition) is 1. The van der Waals surface area contributed by atoms with E-state index in [1.807, 2.05) is 0 Å². The quantitative estimate of drug-likeness (QED) is 0.691. The molecule has 13 heavy (non-hydrogen) atoms. The Hall–Kier alpha value is -1.26. The Morgan fingerprint density at radius 3 is 2.92 bits per heavy atom. The number of terminal acetylenes is 1. The smallest absolute Gasteiger partial charge is 0.0578 e. The monoisotopic (exact) mass is 173 g/mol. The minimum absolute atomic E-state index is 0.330. The van der Waals surface area contributed by atoms with Crippen LogP contribution in [0.15, 0.2) is 24.3 Å². The summed E-state index contributed by atoms with van der Waals surface area (Å²) in [5, 5.41) is 3.24.